The van der Waals surface area contributed by atoms with Crippen molar-refractivity contribution < 1.29 is 0 Å². The smallest absolute Gasteiger partial charge is 0.0312 e. The molecule has 0 amide bonds. The molecule has 20 heavy (non-hydrogen) atoms. The van der Waals surface area contributed by atoms with Crippen molar-refractivity contribution in [3.8, 4) is 0 Å². The first-order chi connectivity index (χ1) is 9.81. The zero-order valence-electron chi connectivity index (χ0n) is 13.2. The summed E-state index contributed by atoms with van der Waals surface area (Å²) >= 11 is 0. The molecule has 2 N–H and O–H groups in total. The normalized spacial score (nSPS) is 18.8. The van der Waals surface area contributed by atoms with Gasteiger partial charge in [-0.1, -0.05) is 51.9 Å². The fourth-order valence-corrected chi connectivity index (χ4v) is 3.33. The van der Waals surface area contributed by atoms with Crippen molar-refractivity contribution in [3.05, 3.63) is 23.5 Å². The van der Waals surface area contributed by atoms with Crippen LogP contribution in [0, 0.1) is 0 Å². The second kappa shape index (κ2) is 8.51. The summed E-state index contributed by atoms with van der Waals surface area (Å²) < 4.78 is 2.39. The highest BCUT2D eigenvalue weighted by Gasteiger charge is 2.16. The van der Waals surface area contributed by atoms with E-state index in [2.05, 4.69) is 23.9 Å². The van der Waals surface area contributed by atoms with Gasteiger partial charge in [0.15, 0.2) is 0 Å². The van der Waals surface area contributed by atoms with Gasteiger partial charge in [-0.3, -0.25) is 0 Å². The maximum absolute atomic E-state index is 6.27. The van der Waals surface area contributed by atoms with Crippen LogP contribution in [0.5, 0.6) is 0 Å². The summed E-state index contributed by atoms with van der Waals surface area (Å²) in [6, 6.07) is 0.280. The van der Waals surface area contributed by atoms with Crippen LogP contribution in [0.2, 0.25) is 0 Å². The number of hydrogen-bond acceptors (Lipinski definition) is 1. The fraction of sp³-hybridized carbons (Fsp3) is 0.778. The molecule has 0 spiro atoms. The van der Waals surface area contributed by atoms with Crippen LogP contribution >= 0.6 is 0 Å². The van der Waals surface area contributed by atoms with Gasteiger partial charge in [-0.2, -0.15) is 0 Å². The van der Waals surface area contributed by atoms with Gasteiger partial charge in [0.05, 0.1) is 0 Å². The molecule has 2 rings (SSSR count). The zero-order valence-corrected chi connectivity index (χ0v) is 13.2. The van der Waals surface area contributed by atoms with E-state index < -0.39 is 0 Å². The third kappa shape index (κ3) is 4.66. The van der Waals surface area contributed by atoms with E-state index in [1.165, 1.54) is 81.9 Å². The molecule has 0 radical (unpaired) electrons. The highest BCUT2D eigenvalue weighted by atomic mass is 14.9. The number of rotatable bonds is 8. The number of nitrogens with zero attached hydrogens (tertiary/aromatic N) is 1. The Bertz CT molecular complexity index is 381. The van der Waals surface area contributed by atoms with Crippen LogP contribution in [-0.2, 0) is 13.0 Å². The minimum atomic E-state index is 0.280. The van der Waals surface area contributed by atoms with Crippen molar-refractivity contribution in [1.29, 1.82) is 0 Å². The lowest BCUT2D eigenvalue weighted by Gasteiger charge is -2.07. The van der Waals surface area contributed by atoms with E-state index in [1.54, 1.807) is 0 Å². The van der Waals surface area contributed by atoms with Gasteiger partial charge in [-0.05, 0) is 36.8 Å². The number of nitrogens with two attached hydrogens (primary N) is 1. The van der Waals surface area contributed by atoms with Gasteiger partial charge in [0.2, 0.25) is 0 Å². The number of unbranched alkanes of at least 4 members (excludes halogenated alkanes) is 6. The van der Waals surface area contributed by atoms with Crippen molar-refractivity contribution in [2.45, 2.75) is 90.1 Å². The molecular formula is C18H32N2. The topological polar surface area (TPSA) is 30.9 Å². The second-order valence-electron chi connectivity index (χ2n) is 6.45. The quantitative estimate of drug-likeness (QED) is 0.527. The van der Waals surface area contributed by atoms with Gasteiger partial charge in [0, 0.05) is 25.0 Å². The van der Waals surface area contributed by atoms with Crippen LogP contribution in [0.1, 0.15) is 88.3 Å². The average Bonchev–Trinajstić information content (AvgIpc) is 2.78. The Labute approximate surface area is 124 Å². The van der Waals surface area contributed by atoms with E-state index in [1.807, 2.05) is 0 Å². The monoisotopic (exact) mass is 276 g/mol. The lowest BCUT2D eigenvalue weighted by atomic mass is 10.1. The Morgan fingerprint density at radius 2 is 1.80 bits per heavy atom. The molecule has 2 nitrogen and oxygen atoms in total. The van der Waals surface area contributed by atoms with Gasteiger partial charge >= 0.3 is 0 Å². The predicted octanol–water partition coefficient (Wildman–Crippen LogP) is 4.96. The molecule has 0 aromatic carbocycles. The molecule has 0 bridgehead atoms. The summed E-state index contributed by atoms with van der Waals surface area (Å²) in [7, 11) is 0. The Morgan fingerprint density at radius 1 is 1.05 bits per heavy atom. The zero-order chi connectivity index (χ0) is 14.2. The maximum Gasteiger partial charge on any atom is 0.0312 e. The van der Waals surface area contributed by atoms with E-state index >= 15 is 0 Å². The summed E-state index contributed by atoms with van der Waals surface area (Å²) in [4.78, 5) is 0. The fourth-order valence-electron chi connectivity index (χ4n) is 3.33. The molecule has 1 aromatic heterocycles. The summed E-state index contributed by atoms with van der Waals surface area (Å²) in [5.74, 6) is 0. The molecule has 1 unspecified atom stereocenters. The highest BCUT2D eigenvalue weighted by Crippen LogP contribution is 2.27. The molecule has 0 fully saturated rings. The van der Waals surface area contributed by atoms with Gasteiger partial charge in [0.25, 0.3) is 0 Å². The van der Waals surface area contributed by atoms with E-state index in [-0.39, 0.29) is 6.04 Å². The number of aromatic nitrogens is 1. The van der Waals surface area contributed by atoms with Crippen LogP contribution in [0.3, 0.4) is 0 Å². The first-order valence-electron chi connectivity index (χ1n) is 8.75. The molecule has 2 heteroatoms. The number of hydrogen-bond donors (Lipinski definition) is 1. The SMILES string of the molecule is CCCCCCCCCn1cc2c(c1)C(N)CCCC2. The van der Waals surface area contributed by atoms with Gasteiger partial charge in [0.1, 0.15) is 0 Å². The molecule has 0 aliphatic heterocycles. The number of fused-ring (bicyclic) bond motifs is 1. The van der Waals surface area contributed by atoms with Crippen LogP contribution in [0.4, 0.5) is 0 Å². The Balaban J connectivity index is 1.70. The molecule has 0 saturated heterocycles. The molecular weight excluding hydrogens is 244 g/mol. The largest absolute Gasteiger partial charge is 0.354 e. The summed E-state index contributed by atoms with van der Waals surface area (Å²) in [6.07, 6.45) is 19.3. The first-order valence-corrected chi connectivity index (χ1v) is 8.75. The Morgan fingerprint density at radius 3 is 2.60 bits per heavy atom. The third-order valence-electron chi connectivity index (χ3n) is 4.63. The number of aryl methyl sites for hydroxylation is 2. The molecule has 114 valence electrons. The molecule has 1 aliphatic carbocycles. The van der Waals surface area contributed by atoms with Crippen LogP contribution in [0.15, 0.2) is 12.4 Å². The van der Waals surface area contributed by atoms with Crippen molar-refractivity contribution >= 4 is 0 Å². The third-order valence-corrected chi connectivity index (χ3v) is 4.63. The summed E-state index contributed by atoms with van der Waals surface area (Å²) in [5, 5.41) is 0. The van der Waals surface area contributed by atoms with Gasteiger partial charge < -0.3 is 10.3 Å². The maximum atomic E-state index is 6.27. The Hall–Kier alpha value is -0.760. The van der Waals surface area contributed by atoms with Crippen molar-refractivity contribution in [1.82, 2.24) is 4.57 Å². The van der Waals surface area contributed by atoms with E-state index in [4.69, 9.17) is 5.73 Å². The first kappa shape index (κ1) is 15.6. The average molecular weight is 276 g/mol. The highest BCUT2D eigenvalue weighted by molar-refractivity contribution is 5.28. The van der Waals surface area contributed by atoms with Crippen LogP contribution in [0.25, 0.3) is 0 Å². The summed E-state index contributed by atoms with van der Waals surface area (Å²) in [6.45, 7) is 3.45. The summed E-state index contributed by atoms with van der Waals surface area (Å²) in [5.41, 5.74) is 9.20. The standard InChI is InChI=1S/C18H32N2/c1-2-3-4-5-6-7-10-13-20-14-16-11-8-9-12-18(19)17(16)15-20/h14-15,18H,2-13,19H2,1H3. The lowest BCUT2D eigenvalue weighted by Crippen LogP contribution is -2.09. The van der Waals surface area contributed by atoms with Crippen LogP contribution < -0.4 is 5.73 Å². The molecule has 1 atom stereocenters. The van der Waals surface area contributed by atoms with E-state index in [9.17, 15) is 0 Å². The predicted molar refractivity (Wildman–Crippen MR) is 86.9 cm³/mol. The van der Waals surface area contributed by atoms with Crippen LogP contribution in [-0.4, -0.2) is 4.57 Å². The van der Waals surface area contributed by atoms with E-state index in [0.29, 0.717) is 0 Å². The molecule has 1 aromatic rings. The van der Waals surface area contributed by atoms with Crippen molar-refractivity contribution in [2.75, 3.05) is 0 Å². The molecule has 0 saturated carbocycles. The van der Waals surface area contributed by atoms with Crippen molar-refractivity contribution in [2.24, 2.45) is 5.73 Å². The van der Waals surface area contributed by atoms with E-state index in [0.717, 1.165) is 6.42 Å². The molecule has 1 aliphatic rings. The second-order valence-corrected chi connectivity index (χ2v) is 6.45. The minimum absolute atomic E-state index is 0.280. The van der Waals surface area contributed by atoms with Crippen molar-refractivity contribution in [3.63, 3.8) is 0 Å². The Kier molecular flexibility index (Phi) is 6.65. The van der Waals surface area contributed by atoms with Gasteiger partial charge in [-0.25, -0.2) is 0 Å². The lowest BCUT2D eigenvalue weighted by molar-refractivity contribution is 0.547. The molecule has 1 heterocycles. The minimum Gasteiger partial charge on any atom is -0.354 e. The van der Waals surface area contributed by atoms with Gasteiger partial charge in [-0.15, -0.1) is 0 Å².